The number of anilines is 1. The number of hydrogen-bond acceptors (Lipinski definition) is 6. The Labute approximate surface area is 210 Å². The summed E-state index contributed by atoms with van der Waals surface area (Å²) in [5, 5.41) is 7.93. The van der Waals surface area contributed by atoms with Crippen LogP contribution in [0.4, 0.5) is 5.69 Å². The van der Waals surface area contributed by atoms with Crippen molar-refractivity contribution in [1.29, 1.82) is 0 Å². The van der Waals surface area contributed by atoms with Gasteiger partial charge in [0.25, 0.3) is 5.91 Å². The molecule has 2 aromatic rings. The molecular weight excluding hydrogens is 476 g/mol. The van der Waals surface area contributed by atoms with Crippen molar-refractivity contribution in [3.8, 4) is 0 Å². The molecule has 0 unspecified atom stereocenters. The van der Waals surface area contributed by atoms with Gasteiger partial charge in [-0.05, 0) is 62.0 Å². The number of nitrogens with zero attached hydrogens (tertiary/aromatic N) is 2. The van der Waals surface area contributed by atoms with Crippen molar-refractivity contribution in [3.63, 3.8) is 0 Å². The van der Waals surface area contributed by atoms with E-state index < -0.39 is 5.91 Å². The molecule has 2 N–H and O–H groups in total. The van der Waals surface area contributed by atoms with E-state index in [4.69, 9.17) is 4.74 Å². The molecule has 8 nitrogen and oxygen atoms in total. The van der Waals surface area contributed by atoms with Gasteiger partial charge in [0.1, 0.15) is 0 Å². The number of hydrogen-bond donors (Lipinski definition) is 2. The van der Waals surface area contributed by atoms with Crippen LogP contribution in [0.5, 0.6) is 0 Å². The quantitative estimate of drug-likeness (QED) is 0.576. The molecular formula is C24H33ClN4O4S. The van der Waals surface area contributed by atoms with Crippen LogP contribution in [0.2, 0.25) is 0 Å². The van der Waals surface area contributed by atoms with E-state index in [1.54, 1.807) is 34.3 Å². The zero-order valence-electron chi connectivity index (χ0n) is 20.1. The predicted molar refractivity (Wildman–Crippen MR) is 135 cm³/mol. The third-order valence-corrected chi connectivity index (χ3v) is 6.11. The largest absolute Gasteiger partial charge is 0.444 e. The molecule has 1 aromatic carbocycles. The third kappa shape index (κ3) is 8.07. The van der Waals surface area contributed by atoms with Gasteiger partial charge in [0, 0.05) is 29.2 Å². The highest BCUT2D eigenvalue weighted by Gasteiger charge is 2.22. The first-order valence-corrected chi connectivity index (χ1v) is 12.0. The molecule has 2 amide bonds. The highest BCUT2D eigenvalue weighted by Crippen LogP contribution is 2.22. The van der Waals surface area contributed by atoms with E-state index >= 15 is 0 Å². The number of halogens is 1. The van der Waals surface area contributed by atoms with Crippen LogP contribution in [0.15, 0.2) is 34.8 Å². The zero-order chi connectivity index (χ0) is 24.0. The fraction of sp³-hybridized carbons (Fsp3) is 0.500. The van der Waals surface area contributed by atoms with Gasteiger partial charge in [-0.1, -0.05) is 20.8 Å². The Morgan fingerprint density at radius 3 is 2.59 bits per heavy atom. The molecule has 0 aliphatic carbocycles. The van der Waals surface area contributed by atoms with Crippen molar-refractivity contribution in [3.05, 3.63) is 45.7 Å². The molecule has 3 rings (SSSR count). The van der Waals surface area contributed by atoms with E-state index in [1.807, 2.05) is 27.7 Å². The number of aromatic nitrogens is 1. The van der Waals surface area contributed by atoms with Crippen molar-refractivity contribution < 1.29 is 19.1 Å². The number of benzene rings is 1. The Bertz CT molecular complexity index is 1080. The summed E-state index contributed by atoms with van der Waals surface area (Å²) in [5.41, 5.74) is 1.78. The molecule has 2 heterocycles. The molecule has 1 saturated heterocycles. The predicted octanol–water partition coefficient (Wildman–Crippen LogP) is 3.90. The molecule has 1 aliphatic rings. The minimum Gasteiger partial charge on any atom is -0.444 e. The molecule has 1 fully saturated rings. The second kappa shape index (κ2) is 12.3. The first-order chi connectivity index (χ1) is 15.6. The second-order valence-corrected chi connectivity index (χ2v) is 10.4. The van der Waals surface area contributed by atoms with Crippen molar-refractivity contribution >= 4 is 47.2 Å². The standard InChI is InChI=1S/C24H32N4O4S.ClH/c1-16-13-18(5-6-19(16)26-20(29)14-24(2,3)4)21(30)27-23-28(11-12-33-23)15-32-22(31)17-7-9-25-10-8-17;/h5-6,11-13,17,25H,7-10,14-15H2,1-4H3,(H,26,29);1H/b27-23-;. The Kier molecular flexibility index (Phi) is 10.0. The number of aryl methyl sites for hydroxylation is 1. The van der Waals surface area contributed by atoms with Gasteiger partial charge >= 0.3 is 5.97 Å². The van der Waals surface area contributed by atoms with Gasteiger partial charge in [0.15, 0.2) is 11.5 Å². The van der Waals surface area contributed by atoms with Crippen LogP contribution in [-0.4, -0.2) is 35.4 Å². The van der Waals surface area contributed by atoms with Crippen LogP contribution in [-0.2, 0) is 21.1 Å². The number of nitrogens with one attached hydrogen (secondary N) is 2. The van der Waals surface area contributed by atoms with Crippen molar-refractivity contribution in [2.75, 3.05) is 18.4 Å². The van der Waals surface area contributed by atoms with Gasteiger partial charge < -0.3 is 15.4 Å². The zero-order valence-corrected chi connectivity index (χ0v) is 21.7. The summed E-state index contributed by atoms with van der Waals surface area (Å²) in [5.74, 6) is -0.760. The minimum absolute atomic E-state index is 0. The van der Waals surface area contributed by atoms with Crippen molar-refractivity contribution in [2.24, 2.45) is 16.3 Å². The first kappa shape index (κ1) is 27.8. The fourth-order valence-corrected chi connectivity index (χ4v) is 4.27. The van der Waals surface area contributed by atoms with E-state index in [0.29, 0.717) is 22.5 Å². The number of piperidine rings is 1. The van der Waals surface area contributed by atoms with Gasteiger partial charge in [-0.15, -0.1) is 23.7 Å². The summed E-state index contributed by atoms with van der Waals surface area (Å²) in [7, 11) is 0. The monoisotopic (exact) mass is 508 g/mol. The Morgan fingerprint density at radius 2 is 1.94 bits per heavy atom. The number of rotatable bonds is 6. The van der Waals surface area contributed by atoms with E-state index in [-0.39, 0.29) is 42.3 Å². The molecule has 0 radical (unpaired) electrons. The van der Waals surface area contributed by atoms with Crippen LogP contribution < -0.4 is 15.4 Å². The first-order valence-electron chi connectivity index (χ1n) is 11.1. The summed E-state index contributed by atoms with van der Waals surface area (Å²) in [4.78, 5) is 41.9. The summed E-state index contributed by atoms with van der Waals surface area (Å²) in [6.45, 7) is 9.53. The normalized spacial score (nSPS) is 14.9. The summed E-state index contributed by atoms with van der Waals surface area (Å²) < 4.78 is 7.10. The molecule has 1 aliphatic heterocycles. The third-order valence-electron chi connectivity index (χ3n) is 5.31. The van der Waals surface area contributed by atoms with Crippen LogP contribution >= 0.6 is 23.7 Å². The molecule has 186 valence electrons. The second-order valence-electron chi connectivity index (χ2n) is 9.50. The van der Waals surface area contributed by atoms with Crippen LogP contribution in [0.25, 0.3) is 0 Å². The van der Waals surface area contributed by atoms with E-state index in [2.05, 4.69) is 15.6 Å². The number of carbonyl (C=O) groups is 3. The molecule has 1 aromatic heterocycles. The van der Waals surface area contributed by atoms with Crippen LogP contribution in [0.3, 0.4) is 0 Å². The maximum absolute atomic E-state index is 12.7. The van der Waals surface area contributed by atoms with E-state index in [9.17, 15) is 14.4 Å². The molecule has 0 atom stereocenters. The van der Waals surface area contributed by atoms with E-state index in [0.717, 1.165) is 31.5 Å². The number of ether oxygens (including phenoxy) is 1. The summed E-state index contributed by atoms with van der Waals surface area (Å²) in [6, 6.07) is 5.09. The Balaban J connectivity index is 0.00000408. The van der Waals surface area contributed by atoms with Gasteiger partial charge in [0.05, 0.1) is 5.92 Å². The fourth-order valence-electron chi connectivity index (χ4n) is 3.56. The molecule has 0 saturated carbocycles. The molecule has 34 heavy (non-hydrogen) atoms. The average molecular weight is 509 g/mol. The van der Waals surface area contributed by atoms with Crippen LogP contribution in [0.1, 0.15) is 56.0 Å². The molecule has 10 heteroatoms. The minimum atomic E-state index is -0.397. The van der Waals surface area contributed by atoms with Crippen molar-refractivity contribution in [2.45, 2.75) is 53.7 Å². The van der Waals surface area contributed by atoms with Crippen molar-refractivity contribution in [1.82, 2.24) is 9.88 Å². The molecule has 0 spiro atoms. The number of carbonyl (C=O) groups excluding carboxylic acids is 3. The molecule has 0 bridgehead atoms. The summed E-state index contributed by atoms with van der Waals surface area (Å²) in [6.07, 6.45) is 3.69. The number of esters is 1. The maximum Gasteiger partial charge on any atom is 0.310 e. The smallest absolute Gasteiger partial charge is 0.310 e. The average Bonchev–Trinajstić information content (AvgIpc) is 3.19. The topological polar surface area (TPSA) is 102 Å². The summed E-state index contributed by atoms with van der Waals surface area (Å²) >= 11 is 1.30. The van der Waals surface area contributed by atoms with Gasteiger partial charge in [0.2, 0.25) is 5.91 Å². The highest BCUT2D eigenvalue weighted by atomic mass is 35.5. The number of thiazole rings is 1. The van der Waals surface area contributed by atoms with E-state index in [1.165, 1.54) is 11.3 Å². The lowest BCUT2D eigenvalue weighted by Crippen LogP contribution is -2.33. The lowest BCUT2D eigenvalue weighted by atomic mass is 9.92. The van der Waals surface area contributed by atoms with Gasteiger partial charge in [-0.25, -0.2) is 0 Å². The highest BCUT2D eigenvalue weighted by molar-refractivity contribution is 7.07. The maximum atomic E-state index is 12.7. The van der Waals surface area contributed by atoms with Crippen LogP contribution in [0, 0.1) is 18.3 Å². The Morgan fingerprint density at radius 1 is 1.24 bits per heavy atom. The lowest BCUT2D eigenvalue weighted by Gasteiger charge is -2.20. The number of amides is 2. The van der Waals surface area contributed by atoms with Gasteiger partial charge in [-0.2, -0.15) is 4.99 Å². The van der Waals surface area contributed by atoms with Gasteiger partial charge in [-0.3, -0.25) is 19.0 Å². The Hall–Kier alpha value is -2.49. The SMILES string of the molecule is Cc1cc(C(=O)/N=c2\sccn2COC(=O)C2CCNCC2)ccc1NC(=O)CC(C)(C)C.Cl. The lowest BCUT2D eigenvalue weighted by molar-refractivity contribution is -0.153.